The van der Waals surface area contributed by atoms with Gasteiger partial charge in [-0.05, 0) is 31.3 Å². The molecule has 0 spiro atoms. The number of hydrogen-bond donors (Lipinski definition) is 0. The van der Waals surface area contributed by atoms with E-state index in [1.54, 1.807) is 6.08 Å². The summed E-state index contributed by atoms with van der Waals surface area (Å²) in [5, 5.41) is 0. The Morgan fingerprint density at radius 2 is 2.15 bits per heavy atom. The molecular formula is C17H26O3. The molecule has 3 heteroatoms. The van der Waals surface area contributed by atoms with Crippen LogP contribution in [0.25, 0.3) is 0 Å². The first-order valence-corrected chi connectivity index (χ1v) is 7.86. The Morgan fingerprint density at radius 3 is 2.85 bits per heavy atom. The number of esters is 1. The van der Waals surface area contributed by atoms with Gasteiger partial charge in [0.15, 0.2) is 5.78 Å². The molecule has 0 unspecified atom stereocenters. The van der Waals surface area contributed by atoms with Crippen molar-refractivity contribution in [2.24, 2.45) is 17.3 Å². The number of unbranched alkanes of at least 4 members (excludes halogenated alkanes) is 1. The van der Waals surface area contributed by atoms with Crippen LogP contribution in [0.5, 0.6) is 0 Å². The zero-order valence-corrected chi connectivity index (χ0v) is 12.9. The van der Waals surface area contributed by atoms with Crippen LogP contribution in [0.1, 0.15) is 59.3 Å². The van der Waals surface area contributed by atoms with Gasteiger partial charge in [-0.15, -0.1) is 0 Å². The number of ketones is 1. The van der Waals surface area contributed by atoms with Crippen LogP contribution in [-0.2, 0) is 14.3 Å². The molecule has 3 atom stereocenters. The summed E-state index contributed by atoms with van der Waals surface area (Å²) in [5.74, 6) is 0.759. The normalized spacial score (nSPS) is 29.8. The Labute approximate surface area is 121 Å². The molecular weight excluding hydrogens is 252 g/mol. The summed E-state index contributed by atoms with van der Waals surface area (Å²) in [7, 11) is 0. The molecule has 0 N–H and O–H groups in total. The van der Waals surface area contributed by atoms with Gasteiger partial charge >= 0.3 is 5.97 Å². The van der Waals surface area contributed by atoms with E-state index in [2.05, 4.69) is 6.92 Å². The van der Waals surface area contributed by atoms with Gasteiger partial charge in [0, 0.05) is 11.3 Å². The summed E-state index contributed by atoms with van der Waals surface area (Å²) in [6.07, 6.45) is 9.52. The van der Waals surface area contributed by atoms with Gasteiger partial charge in [-0.1, -0.05) is 39.7 Å². The van der Waals surface area contributed by atoms with Gasteiger partial charge in [0.05, 0.1) is 6.42 Å². The SMILES string of the molecule is CCCCC(C)(C)C(=O)/C=C/[C@H]1CC[C@@H]2OC(=O)C[C@@H]21. The molecule has 0 amide bonds. The molecule has 0 bridgehead atoms. The third-order valence-electron chi connectivity index (χ3n) is 4.81. The third kappa shape index (κ3) is 3.31. The first-order valence-electron chi connectivity index (χ1n) is 7.86. The highest BCUT2D eigenvalue weighted by molar-refractivity contribution is 5.94. The molecule has 1 heterocycles. The van der Waals surface area contributed by atoms with Crippen molar-refractivity contribution in [1.29, 1.82) is 0 Å². The minimum atomic E-state index is -0.271. The van der Waals surface area contributed by atoms with E-state index in [1.807, 2.05) is 19.9 Å². The van der Waals surface area contributed by atoms with Crippen LogP contribution < -0.4 is 0 Å². The second kappa shape index (κ2) is 6.11. The zero-order valence-electron chi connectivity index (χ0n) is 12.9. The molecule has 2 rings (SSSR count). The maximum absolute atomic E-state index is 12.3. The maximum Gasteiger partial charge on any atom is 0.306 e. The molecule has 1 saturated heterocycles. The van der Waals surface area contributed by atoms with Crippen molar-refractivity contribution in [3.05, 3.63) is 12.2 Å². The van der Waals surface area contributed by atoms with Crippen molar-refractivity contribution in [3.8, 4) is 0 Å². The Bertz CT molecular complexity index is 408. The molecule has 20 heavy (non-hydrogen) atoms. The van der Waals surface area contributed by atoms with Gasteiger partial charge in [0.2, 0.25) is 0 Å². The van der Waals surface area contributed by atoms with Crippen molar-refractivity contribution in [2.45, 2.75) is 65.4 Å². The number of hydrogen-bond acceptors (Lipinski definition) is 3. The summed E-state index contributed by atoms with van der Waals surface area (Å²) in [4.78, 5) is 23.6. The third-order valence-corrected chi connectivity index (χ3v) is 4.81. The Kier molecular flexibility index (Phi) is 4.66. The van der Waals surface area contributed by atoms with Crippen molar-refractivity contribution < 1.29 is 14.3 Å². The van der Waals surface area contributed by atoms with Gasteiger partial charge in [-0.25, -0.2) is 0 Å². The zero-order chi connectivity index (χ0) is 14.8. The molecule has 0 aromatic carbocycles. The molecule has 112 valence electrons. The summed E-state index contributed by atoms with van der Waals surface area (Å²) >= 11 is 0. The number of carbonyl (C=O) groups is 2. The summed E-state index contributed by atoms with van der Waals surface area (Å²) in [6.45, 7) is 6.19. The van der Waals surface area contributed by atoms with Crippen LogP contribution in [-0.4, -0.2) is 17.9 Å². The molecule has 0 radical (unpaired) electrons. The molecule has 0 aromatic heterocycles. The second-order valence-corrected chi connectivity index (χ2v) is 6.85. The van der Waals surface area contributed by atoms with Gasteiger partial charge < -0.3 is 4.74 Å². The molecule has 1 saturated carbocycles. The van der Waals surface area contributed by atoms with Crippen molar-refractivity contribution in [3.63, 3.8) is 0 Å². The van der Waals surface area contributed by atoms with Crippen LogP contribution in [0, 0.1) is 17.3 Å². The smallest absolute Gasteiger partial charge is 0.306 e. The minimum absolute atomic E-state index is 0.0762. The van der Waals surface area contributed by atoms with Crippen LogP contribution in [0.15, 0.2) is 12.2 Å². The van der Waals surface area contributed by atoms with Crippen LogP contribution >= 0.6 is 0 Å². The second-order valence-electron chi connectivity index (χ2n) is 6.85. The Balaban J connectivity index is 1.92. The van der Waals surface area contributed by atoms with E-state index in [1.165, 1.54) is 0 Å². The predicted molar refractivity (Wildman–Crippen MR) is 78.2 cm³/mol. The lowest BCUT2D eigenvalue weighted by molar-refractivity contribution is -0.141. The molecule has 0 aromatic rings. The first kappa shape index (κ1) is 15.3. The molecule has 2 aliphatic rings. The number of allylic oxidation sites excluding steroid dienone is 2. The number of ether oxygens (including phenoxy) is 1. The fourth-order valence-electron chi connectivity index (χ4n) is 3.32. The lowest BCUT2D eigenvalue weighted by Gasteiger charge is -2.21. The van der Waals surface area contributed by atoms with E-state index in [4.69, 9.17) is 4.74 Å². The average molecular weight is 278 g/mol. The van der Waals surface area contributed by atoms with Crippen molar-refractivity contribution >= 4 is 11.8 Å². The highest BCUT2D eigenvalue weighted by Gasteiger charge is 2.43. The quantitative estimate of drug-likeness (QED) is 0.550. The van der Waals surface area contributed by atoms with Crippen LogP contribution in [0.4, 0.5) is 0 Å². The molecule has 3 nitrogen and oxygen atoms in total. The molecule has 2 fully saturated rings. The average Bonchev–Trinajstić information content (AvgIpc) is 2.93. The highest BCUT2D eigenvalue weighted by Crippen LogP contribution is 2.41. The molecule has 1 aliphatic heterocycles. The van der Waals surface area contributed by atoms with E-state index in [0.29, 0.717) is 18.3 Å². The number of fused-ring (bicyclic) bond motifs is 1. The van der Waals surface area contributed by atoms with E-state index in [9.17, 15) is 9.59 Å². The van der Waals surface area contributed by atoms with Gasteiger partial charge in [0.1, 0.15) is 6.10 Å². The van der Waals surface area contributed by atoms with Gasteiger partial charge in [-0.3, -0.25) is 9.59 Å². The number of rotatable bonds is 6. The van der Waals surface area contributed by atoms with Crippen molar-refractivity contribution in [2.75, 3.05) is 0 Å². The van der Waals surface area contributed by atoms with Gasteiger partial charge in [0.25, 0.3) is 0 Å². The van der Waals surface area contributed by atoms with Crippen LogP contribution in [0.2, 0.25) is 0 Å². The number of carbonyl (C=O) groups excluding carboxylic acids is 2. The minimum Gasteiger partial charge on any atom is -0.462 e. The lowest BCUT2D eigenvalue weighted by atomic mass is 9.82. The lowest BCUT2D eigenvalue weighted by Crippen LogP contribution is -2.22. The summed E-state index contributed by atoms with van der Waals surface area (Å²) in [5.41, 5.74) is -0.271. The van der Waals surface area contributed by atoms with E-state index in [0.717, 1.165) is 32.1 Å². The van der Waals surface area contributed by atoms with Crippen LogP contribution in [0.3, 0.4) is 0 Å². The molecule has 1 aliphatic carbocycles. The summed E-state index contributed by atoms with van der Waals surface area (Å²) < 4.78 is 5.28. The van der Waals surface area contributed by atoms with E-state index in [-0.39, 0.29) is 23.3 Å². The Morgan fingerprint density at radius 1 is 1.40 bits per heavy atom. The van der Waals surface area contributed by atoms with E-state index < -0.39 is 0 Å². The predicted octanol–water partition coefficient (Wildman–Crippen LogP) is 3.67. The maximum atomic E-state index is 12.3. The van der Waals surface area contributed by atoms with E-state index >= 15 is 0 Å². The fourth-order valence-corrected chi connectivity index (χ4v) is 3.32. The standard InChI is InChI=1S/C17H26O3/c1-4-5-10-17(2,3)15(18)9-7-12-6-8-14-13(12)11-16(19)20-14/h7,9,12-14H,4-6,8,10-11H2,1-3H3/b9-7+/t12-,13-,14+/m1/s1. The summed E-state index contributed by atoms with van der Waals surface area (Å²) in [6, 6.07) is 0. The van der Waals surface area contributed by atoms with Gasteiger partial charge in [-0.2, -0.15) is 0 Å². The topological polar surface area (TPSA) is 43.4 Å². The Hall–Kier alpha value is -1.12. The largest absolute Gasteiger partial charge is 0.462 e. The fraction of sp³-hybridized carbons (Fsp3) is 0.765. The first-order chi connectivity index (χ1) is 9.44. The highest BCUT2D eigenvalue weighted by atomic mass is 16.5. The monoisotopic (exact) mass is 278 g/mol. The van der Waals surface area contributed by atoms with Crippen molar-refractivity contribution in [1.82, 2.24) is 0 Å².